The molecule has 0 aliphatic heterocycles. The second-order valence-electron chi connectivity index (χ2n) is 7.52. The Morgan fingerprint density at radius 2 is 2.04 bits per heavy atom. The number of aromatic nitrogens is 1. The first-order valence-corrected chi connectivity index (χ1v) is 8.93. The van der Waals surface area contributed by atoms with Crippen LogP contribution < -0.4 is 5.32 Å². The molecular weight excluding hydrogens is 363 g/mol. The third-order valence-electron chi connectivity index (χ3n) is 4.03. The molecule has 3 rings (SSSR count). The molecule has 0 saturated carbocycles. The van der Waals surface area contributed by atoms with E-state index < -0.39 is 17.5 Å². The minimum atomic E-state index is -0.634. The van der Waals surface area contributed by atoms with Crippen molar-refractivity contribution in [2.75, 3.05) is 0 Å². The van der Waals surface area contributed by atoms with Crippen molar-refractivity contribution in [1.82, 2.24) is 10.3 Å². The highest BCUT2D eigenvalue weighted by Gasteiger charge is 2.19. The molecular formula is C21H23FN2O4. The lowest BCUT2D eigenvalue weighted by molar-refractivity contribution is 0.0523. The number of amides is 1. The summed E-state index contributed by atoms with van der Waals surface area (Å²) in [6.45, 7) is 6.76. The van der Waals surface area contributed by atoms with Gasteiger partial charge in [0.2, 0.25) is 0 Å². The minimum Gasteiger partial charge on any atom is -0.444 e. The summed E-state index contributed by atoms with van der Waals surface area (Å²) >= 11 is 0. The second-order valence-corrected chi connectivity index (χ2v) is 7.52. The van der Waals surface area contributed by atoms with Gasteiger partial charge in [-0.1, -0.05) is 18.2 Å². The van der Waals surface area contributed by atoms with Crippen molar-refractivity contribution in [3.05, 3.63) is 53.2 Å². The number of nitrogens with one attached hydrogen (secondary N) is 1. The van der Waals surface area contributed by atoms with Gasteiger partial charge in [0, 0.05) is 30.2 Å². The van der Waals surface area contributed by atoms with E-state index in [1.807, 2.05) is 0 Å². The molecule has 0 fully saturated rings. The number of halogens is 1. The van der Waals surface area contributed by atoms with E-state index in [1.165, 1.54) is 0 Å². The summed E-state index contributed by atoms with van der Waals surface area (Å²) in [7, 11) is 0. The molecule has 1 heterocycles. The number of aliphatic hydroxyl groups excluding tert-OH is 1. The van der Waals surface area contributed by atoms with Crippen LogP contribution in [0.4, 0.5) is 9.18 Å². The fourth-order valence-electron chi connectivity index (χ4n) is 2.90. The lowest BCUT2D eigenvalue weighted by Gasteiger charge is -2.20. The first-order chi connectivity index (χ1) is 13.2. The van der Waals surface area contributed by atoms with Crippen LogP contribution in [0.25, 0.3) is 22.2 Å². The van der Waals surface area contributed by atoms with Gasteiger partial charge in [0.15, 0.2) is 11.5 Å². The van der Waals surface area contributed by atoms with Crippen LogP contribution >= 0.6 is 0 Å². The summed E-state index contributed by atoms with van der Waals surface area (Å²) < 4.78 is 26.0. The smallest absolute Gasteiger partial charge is 0.407 e. The molecule has 1 amide bonds. The van der Waals surface area contributed by atoms with Crippen LogP contribution in [-0.2, 0) is 17.9 Å². The number of carbonyl (C=O) groups is 1. The molecule has 0 radical (unpaired) electrons. The molecule has 28 heavy (non-hydrogen) atoms. The number of nitrogens with zero attached hydrogens (tertiary/aromatic N) is 1. The van der Waals surface area contributed by atoms with Crippen molar-refractivity contribution in [2.24, 2.45) is 0 Å². The SMILES string of the molecule is Cc1nc2cc(CO)cc(-c3cccc(CNC(=O)OC(C)(C)C)c3F)c2o1. The van der Waals surface area contributed by atoms with Crippen LogP contribution in [0.15, 0.2) is 34.7 Å². The molecule has 2 aromatic carbocycles. The molecule has 148 valence electrons. The number of fused-ring (bicyclic) bond motifs is 1. The van der Waals surface area contributed by atoms with Crippen LogP contribution in [0.2, 0.25) is 0 Å². The summed E-state index contributed by atoms with van der Waals surface area (Å²) in [5.41, 5.74) is 2.08. The molecule has 0 spiro atoms. The number of carbonyl (C=O) groups excluding carboxylic acids is 1. The standard InChI is InChI=1S/C21H23FN2O4/c1-12-24-17-9-13(11-25)8-16(19(17)27-12)15-7-5-6-14(18(15)22)10-23-20(26)28-21(2,3)4/h5-9,25H,10-11H2,1-4H3,(H,23,26). The summed E-state index contributed by atoms with van der Waals surface area (Å²) in [5, 5.41) is 12.1. The number of aliphatic hydroxyl groups is 1. The Labute approximate surface area is 162 Å². The zero-order valence-electron chi connectivity index (χ0n) is 16.3. The highest BCUT2D eigenvalue weighted by molar-refractivity contribution is 5.91. The first kappa shape index (κ1) is 19.8. The average molecular weight is 386 g/mol. The maximum atomic E-state index is 15.2. The highest BCUT2D eigenvalue weighted by atomic mass is 19.1. The quantitative estimate of drug-likeness (QED) is 0.692. The van der Waals surface area contributed by atoms with Crippen molar-refractivity contribution in [1.29, 1.82) is 0 Å². The topological polar surface area (TPSA) is 84.6 Å². The predicted molar refractivity (Wildman–Crippen MR) is 103 cm³/mol. The van der Waals surface area contributed by atoms with E-state index in [1.54, 1.807) is 58.0 Å². The van der Waals surface area contributed by atoms with Gasteiger partial charge in [-0.2, -0.15) is 0 Å². The van der Waals surface area contributed by atoms with Gasteiger partial charge in [-0.3, -0.25) is 0 Å². The number of oxazole rings is 1. The van der Waals surface area contributed by atoms with Crippen LogP contribution in [0.3, 0.4) is 0 Å². The lowest BCUT2D eigenvalue weighted by atomic mass is 9.99. The Bertz CT molecular complexity index is 1020. The van der Waals surface area contributed by atoms with E-state index >= 15 is 4.39 Å². The Balaban J connectivity index is 1.95. The molecule has 7 heteroatoms. The van der Waals surface area contributed by atoms with Crippen LogP contribution in [-0.4, -0.2) is 21.8 Å². The Morgan fingerprint density at radius 3 is 2.71 bits per heavy atom. The van der Waals surface area contributed by atoms with Crippen molar-refractivity contribution < 1.29 is 23.4 Å². The van der Waals surface area contributed by atoms with Crippen LogP contribution in [0.1, 0.15) is 37.8 Å². The van der Waals surface area contributed by atoms with E-state index in [9.17, 15) is 9.90 Å². The van der Waals surface area contributed by atoms with E-state index in [4.69, 9.17) is 9.15 Å². The van der Waals surface area contributed by atoms with Crippen LogP contribution in [0, 0.1) is 12.7 Å². The molecule has 3 aromatic rings. The fraction of sp³-hybridized carbons (Fsp3) is 0.333. The lowest BCUT2D eigenvalue weighted by Crippen LogP contribution is -2.32. The molecule has 0 bridgehead atoms. The zero-order valence-corrected chi connectivity index (χ0v) is 16.3. The van der Waals surface area contributed by atoms with Gasteiger partial charge in [-0.15, -0.1) is 0 Å². The molecule has 0 unspecified atom stereocenters. The highest BCUT2D eigenvalue weighted by Crippen LogP contribution is 2.33. The fourth-order valence-corrected chi connectivity index (χ4v) is 2.90. The van der Waals surface area contributed by atoms with E-state index in [2.05, 4.69) is 10.3 Å². The summed E-state index contributed by atoms with van der Waals surface area (Å²) in [6, 6.07) is 8.30. The number of alkyl carbamates (subject to hydrolysis) is 1. The van der Waals surface area contributed by atoms with Gasteiger partial charge >= 0.3 is 6.09 Å². The minimum absolute atomic E-state index is 0.0210. The molecule has 0 aliphatic carbocycles. The monoisotopic (exact) mass is 386 g/mol. The van der Waals surface area contributed by atoms with E-state index in [0.29, 0.717) is 39.2 Å². The number of aryl methyl sites for hydroxylation is 1. The molecule has 1 aromatic heterocycles. The number of ether oxygens (including phenoxy) is 1. The maximum Gasteiger partial charge on any atom is 0.407 e. The number of hydrogen-bond donors (Lipinski definition) is 2. The number of hydrogen-bond acceptors (Lipinski definition) is 5. The van der Waals surface area contributed by atoms with Gasteiger partial charge in [0.05, 0.1) is 6.61 Å². The summed E-state index contributed by atoms with van der Waals surface area (Å²) in [5.74, 6) is -0.0292. The number of benzene rings is 2. The van der Waals surface area contributed by atoms with Crippen molar-refractivity contribution >= 4 is 17.2 Å². The van der Waals surface area contributed by atoms with E-state index in [-0.39, 0.29) is 13.2 Å². The summed E-state index contributed by atoms with van der Waals surface area (Å²) in [4.78, 5) is 16.1. The third kappa shape index (κ3) is 4.31. The normalized spacial score (nSPS) is 11.6. The van der Waals surface area contributed by atoms with Gasteiger partial charge in [0.1, 0.15) is 16.9 Å². The van der Waals surface area contributed by atoms with Crippen molar-refractivity contribution in [2.45, 2.75) is 46.4 Å². The largest absolute Gasteiger partial charge is 0.444 e. The zero-order chi connectivity index (χ0) is 20.5. The van der Waals surface area contributed by atoms with Gasteiger partial charge in [-0.05, 0) is 38.5 Å². The number of rotatable bonds is 4. The Kier molecular flexibility index (Phi) is 5.38. The van der Waals surface area contributed by atoms with Crippen molar-refractivity contribution in [3.8, 4) is 11.1 Å². The van der Waals surface area contributed by atoms with Gasteiger partial charge in [-0.25, -0.2) is 14.2 Å². The molecule has 0 saturated heterocycles. The third-order valence-corrected chi connectivity index (χ3v) is 4.03. The first-order valence-electron chi connectivity index (χ1n) is 8.93. The Hall–Kier alpha value is -2.93. The van der Waals surface area contributed by atoms with Crippen LogP contribution in [0.5, 0.6) is 0 Å². The Morgan fingerprint density at radius 1 is 1.29 bits per heavy atom. The molecule has 0 aliphatic rings. The van der Waals surface area contributed by atoms with E-state index in [0.717, 1.165) is 0 Å². The maximum absolute atomic E-state index is 15.2. The average Bonchev–Trinajstić information content (AvgIpc) is 2.98. The van der Waals surface area contributed by atoms with Gasteiger partial charge < -0.3 is 19.6 Å². The molecule has 0 atom stereocenters. The van der Waals surface area contributed by atoms with Crippen molar-refractivity contribution in [3.63, 3.8) is 0 Å². The van der Waals surface area contributed by atoms with Gasteiger partial charge in [0.25, 0.3) is 0 Å². The summed E-state index contributed by atoms with van der Waals surface area (Å²) in [6.07, 6.45) is -0.618. The predicted octanol–water partition coefficient (Wildman–Crippen LogP) is 4.46. The molecule has 2 N–H and O–H groups in total. The molecule has 6 nitrogen and oxygen atoms in total. The second kappa shape index (κ2) is 7.59.